The molecule has 1 aliphatic rings. The van der Waals surface area contributed by atoms with E-state index in [2.05, 4.69) is 15.6 Å². The highest BCUT2D eigenvalue weighted by Crippen LogP contribution is 2.22. The highest BCUT2D eigenvalue weighted by molar-refractivity contribution is 5.97. The van der Waals surface area contributed by atoms with Crippen LogP contribution in [0.25, 0.3) is 0 Å². The van der Waals surface area contributed by atoms with E-state index in [1.165, 1.54) is 6.20 Å². The molecule has 0 spiro atoms. The summed E-state index contributed by atoms with van der Waals surface area (Å²) in [7, 11) is 0. The molecule has 0 aliphatic carbocycles. The third-order valence-electron chi connectivity index (χ3n) is 4.22. The first-order chi connectivity index (χ1) is 13.2. The second kappa shape index (κ2) is 9.14. The number of benzene rings is 1. The molecule has 2 heterocycles. The summed E-state index contributed by atoms with van der Waals surface area (Å²) in [5, 5.41) is 6.01. The molecule has 1 aliphatic heterocycles. The van der Waals surface area contributed by atoms with E-state index in [9.17, 15) is 9.59 Å². The Morgan fingerprint density at radius 1 is 1.30 bits per heavy atom. The second-order valence-electron chi connectivity index (χ2n) is 6.20. The van der Waals surface area contributed by atoms with Gasteiger partial charge < -0.3 is 20.1 Å². The number of ether oxygens (including phenoxy) is 2. The quantitative estimate of drug-likeness (QED) is 0.730. The van der Waals surface area contributed by atoms with Crippen molar-refractivity contribution in [3.05, 3.63) is 53.9 Å². The van der Waals surface area contributed by atoms with Crippen molar-refractivity contribution in [1.82, 2.24) is 10.3 Å². The third kappa shape index (κ3) is 5.04. The number of aromatic nitrogens is 1. The van der Waals surface area contributed by atoms with Crippen LogP contribution in [0.5, 0.6) is 0 Å². The summed E-state index contributed by atoms with van der Waals surface area (Å²) >= 11 is 0. The number of anilines is 2. The van der Waals surface area contributed by atoms with E-state index in [-0.39, 0.29) is 12.0 Å². The van der Waals surface area contributed by atoms with Crippen LogP contribution < -0.4 is 10.6 Å². The molecule has 7 nitrogen and oxygen atoms in total. The minimum Gasteiger partial charge on any atom is -0.462 e. The standard InChI is InChI=1S/C20H23N3O4/c1-2-26-20(25)17-7-3-4-8-18(17)23-15-10-14(11-21-12-15)19(24)22-13-16-6-5-9-27-16/h3-4,7-8,10-12,16,23H,2,5-6,9,13H2,1H3,(H,22,24). The van der Waals surface area contributed by atoms with Gasteiger partial charge in [-0.2, -0.15) is 0 Å². The summed E-state index contributed by atoms with van der Waals surface area (Å²) in [6.45, 7) is 3.30. The molecule has 1 saturated heterocycles. The van der Waals surface area contributed by atoms with Gasteiger partial charge in [0.05, 0.1) is 41.4 Å². The van der Waals surface area contributed by atoms with Crippen molar-refractivity contribution in [2.45, 2.75) is 25.9 Å². The van der Waals surface area contributed by atoms with Crippen LogP contribution in [-0.2, 0) is 9.47 Å². The maximum atomic E-state index is 12.4. The van der Waals surface area contributed by atoms with Crippen LogP contribution in [0.3, 0.4) is 0 Å². The van der Waals surface area contributed by atoms with Crippen molar-refractivity contribution in [1.29, 1.82) is 0 Å². The summed E-state index contributed by atoms with van der Waals surface area (Å²) in [6, 6.07) is 8.74. The molecule has 1 aromatic heterocycles. The minimum absolute atomic E-state index is 0.0830. The van der Waals surface area contributed by atoms with Crippen LogP contribution in [0, 0.1) is 0 Å². The molecular formula is C20H23N3O4. The molecule has 1 atom stereocenters. The van der Waals surface area contributed by atoms with Gasteiger partial charge in [0.1, 0.15) is 0 Å². The Morgan fingerprint density at radius 2 is 2.15 bits per heavy atom. The molecule has 1 amide bonds. The van der Waals surface area contributed by atoms with Crippen LogP contribution in [-0.4, -0.2) is 42.7 Å². The fourth-order valence-electron chi connectivity index (χ4n) is 2.88. The number of carbonyl (C=O) groups excluding carboxylic acids is 2. The van der Waals surface area contributed by atoms with E-state index >= 15 is 0 Å². The van der Waals surface area contributed by atoms with Gasteiger partial charge >= 0.3 is 5.97 Å². The average Bonchev–Trinajstić information content (AvgIpc) is 3.20. The zero-order valence-corrected chi connectivity index (χ0v) is 15.2. The lowest BCUT2D eigenvalue weighted by Gasteiger charge is -2.13. The van der Waals surface area contributed by atoms with Crippen LogP contribution in [0.15, 0.2) is 42.7 Å². The molecule has 2 aromatic rings. The van der Waals surface area contributed by atoms with E-state index in [4.69, 9.17) is 9.47 Å². The highest BCUT2D eigenvalue weighted by atomic mass is 16.5. The summed E-state index contributed by atoms with van der Waals surface area (Å²) in [4.78, 5) is 28.6. The van der Waals surface area contributed by atoms with Gasteiger partial charge in [-0.1, -0.05) is 12.1 Å². The molecule has 0 bridgehead atoms. The third-order valence-corrected chi connectivity index (χ3v) is 4.22. The van der Waals surface area contributed by atoms with Crippen molar-refractivity contribution in [2.24, 2.45) is 0 Å². The molecule has 3 rings (SSSR count). The molecule has 2 N–H and O–H groups in total. The second-order valence-corrected chi connectivity index (χ2v) is 6.20. The number of rotatable bonds is 7. The molecular weight excluding hydrogens is 346 g/mol. The number of para-hydroxylation sites is 1. The Kier molecular flexibility index (Phi) is 6.38. The van der Waals surface area contributed by atoms with Crippen LogP contribution >= 0.6 is 0 Å². The number of pyridine rings is 1. The van der Waals surface area contributed by atoms with Gasteiger partial charge in [0.25, 0.3) is 5.91 Å². The lowest BCUT2D eigenvalue weighted by molar-refractivity contribution is 0.0527. The van der Waals surface area contributed by atoms with E-state index in [1.54, 1.807) is 37.4 Å². The maximum Gasteiger partial charge on any atom is 0.340 e. The summed E-state index contributed by atoms with van der Waals surface area (Å²) < 4.78 is 10.6. The smallest absolute Gasteiger partial charge is 0.340 e. The summed E-state index contributed by atoms with van der Waals surface area (Å²) in [5.74, 6) is -0.612. The van der Waals surface area contributed by atoms with Crippen LogP contribution in [0.1, 0.15) is 40.5 Å². The Balaban J connectivity index is 1.69. The SMILES string of the molecule is CCOC(=O)c1ccccc1Nc1cncc(C(=O)NCC2CCCO2)c1. The molecule has 1 unspecified atom stereocenters. The molecule has 7 heteroatoms. The van der Waals surface area contributed by atoms with E-state index in [1.807, 2.05) is 6.07 Å². The zero-order chi connectivity index (χ0) is 19.1. The average molecular weight is 369 g/mol. The van der Waals surface area contributed by atoms with Crippen molar-refractivity contribution in [3.8, 4) is 0 Å². The van der Waals surface area contributed by atoms with Crippen molar-refractivity contribution < 1.29 is 19.1 Å². The molecule has 142 valence electrons. The number of esters is 1. The number of hydrogen-bond acceptors (Lipinski definition) is 6. The minimum atomic E-state index is -0.404. The lowest BCUT2D eigenvalue weighted by Crippen LogP contribution is -2.31. The summed E-state index contributed by atoms with van der Waals surface area (Å²) in [6.07, 6.45) is 5.18. The maximum absolute atomic E-state index is 12.4. The first-order valence-corrected chi connectivity index (χ1v) is 9.05. The number of amides is 1. The Hall–Kier alpha value is -2.93. The van der Waals surface area contributed by atoms with Gasteiger partial charge in [-0.05, 0) is 38.0 Å². The summed E-state index contributed by atoms with van der Waals surface area (Å²) in [5.41, 5.74) is 2.06. The van der Waals surface area contributed by atoms with E-state index in [0.29, 0.717) is 35.7 Å². The predicted molar refractivity (Wildman–Crippen MR) is 101 cm³/mol. The topological polar surface area (TPSA) is 89.5 Å². The van der Waals surface area contributed by atoms with Crippen LogP contribution in [0.4, 0.5) is 11.4 Å². The fraction of sp³-hybridized carbons (Fsp3) is 0.350. The largest absolute Gasteiger partial charge is 0.462 e. The molecule has 1 fully saturated rings. The first kappa shape index (κ1) is 18.8. The monoisotopic (exact) mass is 369 g/mol. The van der Waals surface area contributed by atoms with E-state index < -0.39 is 5.97 Å². The van der Waals surface area contributed by atoms with Gasteiger partial charge in [0, 0.05) is 19.3 Å². The number of nitrogens with zero attached hydrogens (tertiary/aromatic N) is 1. The van der Waals surface area contributed by atoms with Gasteiger partial charge in [-0.15, -0.1) is 0 Å². The van der Waals surface area contributed by atoms with E-state index in [0.717, 1.165) is 19.4 Å². The zero-order valence-electron chi connectivity index (χ0n) is 15.2. The van der Waals surface area contributed by atoms with Gasteiger partial charge in [-0.25, -0.2) is 4.79 Å². The lowest BCUT2D eigenvalue weighted by atomic mass is 10.1. The highest BCUT2D eigenvalue weighted by Gasteiger charge is 2.17. The van der Waals surface area contributed by atoms with Crippen molar-refractivity contribution >= 4 is 23.3 Å². The first-order valence-electron chi connectivity index (χ1n) is 9.05. The number of nitrogens with one attached hydrogen (secondary N) is 2. The number of hydrogen-bond donors (Lipinski definition) is 2. The Morgan fingerprint density at radius 3 is 2.93 bits per heavy atom. The molecule has 27 heavy (non-hydrogen) atoms. The Bertz CT molecular complexity index is 803. The van der Waals surface area contributed by atoms with Gasteiger partial charge in [-0.3, -0.25) is 9.78 Å². The molecule has 0 radical (unpaired) electrons. The van der Waals surface area contributed by atoms with Crippen LogP contribution in [0.2, 0.25) is 0 Å². The van der Waals surface area contributed by atoms with Gasteiger partial charge in [0.15, 0.2) is 0 Å². The number of carbonyl (C=O) groups is 2. The predicted octanol–water partition coefficient (Wildman–Crippen LogP) is 2.91. The fourth-order valence-corrected chi connectivity index (χ4v) is 2.88. The van der Waals surface area contributed by atoms with Crippen molar-refractivity contribution in [3.63, 3.8) is 0 Å². The van der Waals surface area contributed by atoms with Gasteiger partial charge in [0.2, 0.25) is 0 Å². The molecule has 1 aromatic carbocycles. The normalized spacial score (nSPS) is 16.0. The van der Waals surface area contributed by atoms with Crippen molar-refractivity contribution in [2.75, 3.05) is 25.1 Å². The Labute approximate surface area is 158 Å². The molecule has 0 saturated carbocycles.